The molecule has 0 radical (unpaired) electrons. The van der Waals surface area contributed by atoms with E-state index in [2.05, 4.69) is 60.9 Å². The van der Waals surface area contributed by atoms with E-state index in [1.165, 1.54) is 12.7 Å². The van der Waals surface area contributed by atoms with E-state index in [4.69, 9.17) is 23.2 Å². The first-order chi connectivity index (χ1) is 35.2. The molecule has 0 amide bonds. The average molecular weight is 996 g/mol. The minimum atomic E-state index is -0.0169. The van der Waals surface area contributed by atoms with Crippen molar-refractivity contribution in [1.29, 1.82) is 0 Å². The van der Waals surface area contributed by atoms with Gasteiger partial charge in [-0.2, -0.15) is 10.2 Å². The van der Waals surface area contributed by atoms with Crippen LogP contribution in [0.15, 0.2) is 169 Å². The zero-order chi connectivity index (χ0) is 49.0. The van der Waals surface area contributed by atoms with Gasteiger partial charge in [-0.3, -0.25) is 19.0 Å². The van der Waals surface area contributed by atoms with Gasteiger partial charge in [0.2, 0.25) is 0 Å². The summed E-state index contributed by atoms with van der Waals surface area (Å²) in [6.45, 7) is 3.01. The first-order valence-corrected chi connectivity index (χ1v) is 23.3. The molecule has 356 valence electrons. The highest BCUT2D eigenvalue weighted by molar-refractivity contribution is 6.30. The summed E-state index contributed by atoms with van der Waals surface area (Å²) in [5, 5.41) is 27.5. The lowest BCUT2D eigenvalue weighted by molar-refractivity contribution is 0.692. The van der Waals surface area contributed by atoms with Crippen molar-refractivity contribution in [3.05, 3.63) is 224 Å². The van der Waals surface area contributed by atoms with Crippen molar-refractivity contribution in [2.75, 3.05) is 10.6 Å². The molecule has 0 aliphatic heterocycles. The van der Waals surface area contributed by atoms with Gasteiger partial charge in [0.25, 0.3) is 11.1 Å². The summed E-state index contributed by atoms with van der Waals surface area (Å²) in [6.07, 6.45) is 13.8. The molecular weight excluding hydrogens is 956 g/mol. The third-order valence-corrected chi connectivity index (χ3v) is 11.9. The Kier molecular flexibility index (Phi) is 12.6. The first-order valence-electron chi connectivity index (χ1n) is 22.5. The molecule has 2 aromatic carbocycles. The molecule has 0 atom stereocenters. The van der Waals surface area contributed by atoms with Gasteiger partial charge in [0.1, 0.15) is 24.3 Å². The maximum Gasteiger partial charge on any atom is 0.250 e. The van der Waals surface area contributed by atoms with E-state index in [1.807, 2.05) is 94.6 Å². The van der Waals surface area contributed by atoms with Gasteiger partial charge >= 0.3 is 0 Å². The molecule has 0 unspecified atom stereocenters. The lowest BCUT2D eigenvalue weighted by Crippen LogP contribution is -2.18. The molecule has 2 N–H and O–H groups in total. The van der Waals surface area contributed by atoms with Crippen molar-refractivity contribution in [1.82, 2.24) is 77.8 Å². The number of aromatic nitrogens is 16. The molecule has 0 aliphatic carbocycles. The third-order valence-electron chi connectivity index (χ3n) is 11.5. The molecule has 10 heterocycles. The van der Waals surface area contributed by atoms with E-state index in [1.54, 1.807) is 79.4 Å². The van der Waals surface area contributed by atoms with Crippen LogP contribution in [0.4, 0.5) is 11.6 Å². The normalized spacial score (nSPS) is 11.4. The first kappa shape index (κ1) is 45.3. The van der Waals surface area contributed by atoms with Crippen LogP contribution < -0.4 is 21.8 Å². The number of halogens is 2. The fraction of sp³-hybridized carbons (Fsp3) is 0.120. The number of fused-ring (bicyclic) bond motifs is 4. The third kappa shape index (κ3) is 10.4. The molecule has 72 heavy (non-hydrogen) atoms. The molecular formula is C50H40Cl2N18O2. The Balaban J connectivity index is 0.000000156. The van der Waals surface area contributed by atoms with Gasteiger partial charge in [-0.25, -0.2) is 38.9 Å². The number of anilines is 2. The van der Waals surface area contributed by atoms with Crippen LogP contribution in [0.2, 0.25) is 10.0 Å². The number of pyridine rings is 4. The quantitative estimate of drug-likeness (QED) is 0.115. The van der Waals surface area contributed by atoms with E-state index >= 15 is 0 Å². The Bertz CT molecular complexity index is 3730. The van der Waals surface area contributed by atoms with Crippen molar-refractivity contribution in [3.8, 4) is 0 Å². The molecule has 0 saturated carbocycles. The number of nitrogens with one attached hydrogen (secondary N) is 2. The topological polar surface area (TPSA) is 216 Å². The van der Waals surface area contributed by atoms with Gasteiger partial charge < -0.3 is 19.8 Å². The van der Waals surface area contributed by atoms with E-state index < -0.39 is 0 Å². The highest BCUT2D eigenvalue weighted by Crippen LogP contribution is 2.22. The number of benzene rings is 2. The van der Waals surface area contributed by atoms with Gasteiger partial charge in [-0.15, -0.1) is 10.2 Å². The van der Waals surface area contributed by atoms with Crippen molar-refractivity contribution in [2.45, 2.75) is 39.3 Å². The maximum absolute atomic E-state index is 11.9. The fourth-order valence-electron chi connectivity index (χ4n) is 7.95. The number of rotatable bonds is 14. The van der Waals surface area contributed by atoms with Crippen LogP contribution in [0, 0.1) is 0 Å². The highest BCUT2D eigenvalue weighted by Gasteiger charge is 2.13. The highest BCUT2D eigenvalue weighted by atomic mass is 35.5. The van der Waals surface area contributed by atoms with Crippen LogP contribution in [-0.2, 0) is 39.3 Å². The number of hydrogen-bond acceptors (Lipinski definition) is 14. The summed E-state index contributed by atoms with van der Waals surface area (Å²) < 4.78 is 10.3. The Hall–Kier alpha value is -9.14. The molecule has 22 heteroatoms. The van der Waals surface area contributed by atoms with Crippen LogP contribution in [0.3, 0.4) is 0 Å². The Morgan fingerprint density at radius 1 is 0.444 bits per heavy atom. The van der Waals surface area contributed by atoms with Crippen molar-refractivity contribution in [3.63, 3.8) is 0 Å². The average Bonchev–Trinajstić information content (AvgIpc) is 4.20. The lowest BCUT2D eigenvalue weighted by atomic mass is 10.1. The molecule has 0 spiro atoms. The SMILES string of the molecule is O=c1ccccn1Cc1ccc(Cn2cc3c(NCc4nc5ccc(Cl)cn5n4)ncnc3n2)cc1.O=c1ccccn1Cc1ccc(Cn2cc3c(NCc4nc5ccc(Cl)cn5n4)ncnc3n2)cc1. The summed E-state index contributed by atoms with van der Waals surface area (Å²) in [6, 6.07) is 33.8. The molecule has 10 aromatic heterocycles. The standard InChI is InChI=1S/2C25H20ClN9O/c2*26-19-8-9-22-30-21(31-35(22)14-19)11-27-24-20-15-34(32-25(20)29-16-28-24)13-18-6-4-17(5-7-18)12-33-10-2-1-3-23(33)36/h2*1-10,14-16H,11-13H2,(H,27,28,29,32). The van der Waals surface area contributed by atoms with E-state index in [9.17, 15) is 9.59 Å². The Labute approximate surface area is 417 Å². The van der Waals surface area contributed by atoms with E-state index in [-0.39, 0.29) is 11.1 Å². The maximum atomic E-state index is 11.9. The van der Waals surface area contributed by atoms with Crippen molar-refractivity contribution in [2.24, 2.45) is 0 Å². The minimum absolute atomic E-state index is 0.0169. The van der Waals surface area contributed by atoms with Gasteiger partial charge in [-0.05, 0) is 58.7 Å². The van der Waals surface area contributed by atoms with Crippen LogP contribution in [-0.4, -0.2) is 77.8 Å². The van der Waals surface area contributed by atoms with Crippen LogP contribution in [0.1, 0.15) is 33.9 Å². The van der Waals surface area contributed by atoms with Gasteiger partial charge in [-0.1, -0.05) is 83.9 Å². The number of nitrogens with zero attached hydrogens (tertiary/aromatic N) is 16. The zero-order valence-corrected chi connectivity index (χ0v) is 39.5. The lowest BCUT2D eigenvalue weighted by Gasteiger charge is -2.07. The molecule has 0 saturated heterocycles. The van der Waals surface area contributed by atoms with Crippen molar-refractivity contribution >= 4 is 68.2 Å². The predicted molar refractivity (Wildman–Crippen MR) is 272 cm³/mol. The Morgan fingerprint density at radius 3 is 1.28 bits per heavy atom. The molecule has 0 bridgehead atoms. The van der Waals surface area contributed by atoms with Crippen LogP contribution in [0.5, 0.6) is 0 Å². The summed E-state index contributed by atoms with van der Waals surface area (Å²) in [4.78, 5) is 50.3. The summed E-state index contributed by atoms with van der Waals surface area (Å²) in [7, 11) is 0. The van der Waals surface area contributed by atoms with Crippen LogP contribution in [0.25, 0.3) is 33.4 Å². The predicted octanol–water partition coefficient (Wildman–Crippen LogP) is 6.79. The van der Waals surface area contributed by atoms with E-state index in [0.717, 1.165) is 44.3 Å². The van der Waals surface area contributed by atoms with E-state index in [0.29, 0.717) is 83.9 Å². The Morgan fingerprint density at radius 2 is 0.861 bits per heavy atom. The summed E-state index contributed by atoms with van der Waals surface area (Å²) in [5.74, 6) is 2.56. The molecule has 12 rings (SSSR count). The molecule has 12 aromatic rings. The second-order valence-electron chi connectivity index (χ2n) is 16.6. The number of hydrogen-bond donors (Lipinski definition) is 2. The van der Waals surface area contributed by atoms with Gasteiger partial charge in [0.15, 0.2) is 34.2 Å². The smallest absolute Gasteiger partial charge is 0.250 e. The van der Waals surface area contributed by atoms with Gasteiger partial charge in [0, 0.05) is 49.3 Å². The monoisotopic (exact) mass is 994 g/mol. The summed E-state index contributed by atoms with van der Waals surface area (Å²) in [5.41, 5.74) is 6.88. The fourth-order valence-corrected chi connectivity index (χ4v) is 8.26. The second kappa shape index (κ2) is 20.1. The van der Waals surface area contributed by atoms with Crippen LogP contribution >= 0.6 is 23.2 Å². The molecule has 0 fully saturated rings. The van der Waals surface area contributed by atoms with Gasteiger partial charge in [0.05, 0.1) is 60.1 Å². The molecule has 20 nitrogen and oxygen atoms in total. The second-order valence-corrected chi connectivity index (χ2v) is 17.5. The summed E-state index contributed by atoms with van der Waals surface area (Å²) >= 11 is 12.1. The van der Waals surface area contributed by atoms with Crippen molar-refractivity contribution < 1.29 is 0 Å². The molecule has 0 aliphatic rings. The minimum Gasteiger partial charge on any atom is -0.362 e. The largest absolute Gasteiger partial charge is 0.362 e. The zero-order valence-electron chi connectivity index (χ0n) is 38.0.